The molecule has 0 aliphatic rings. The molecule has 0 aromatic heterocycles. The van der Waals surface area contributed by atoms with Crippen molar-refractivity contribution in [3.8, 4) is 5.75 Å². The summed E-state index contributed by atoms with van der Waals surface area (Å²) >= 11 is 0. The number of hydrogen-bond donors (Lipinski definition) is 1. The molecular weight excluding hydrogens is 468 g/mol. The maximum Gasteiger partial charge on any atom is 3.00 e. The number of unbranched alkanes of at least 4 members (excludes halogenated alkanes) is 12. The molecule has 0 heterocycles. The molecule has 1 radical (unpaired) electrons. The van der Waals surface area contributed by atoms with E-state index in [0.717, 1.165) is 12.0 Å². The van der Waals surface area contributed by atoms with Gasteiger partial charge in [0.2, 0.25) is 0 Å². The Morgan fingerprint density at radius 3 is 1.50 bits per heavy atom. The average Bonchev–Trinajstić information content (AvgIpc) is 2.72. The number of phenols is 1. The van der Waals surface area contributed by atoms with Crippen LogP contribution in [0.5, 0.6) is 5.75 Å². The van der Waals surface area contributed by atoms with E-state index < -0.39 is 0 Å². The van der Waals surface area contributed by atoms with E-state index in [-0.39, 0.29) is 41.1 Å². The summed E-state index contributed by atoms with van der Waals surface area (Å²) in [5.41, 5.74) is 2.34. The molecule has 0 amide bonds. The van der Waals surface area contributed by atoms with Crippen LogP contribution < -0.4 is 0 Å². The van der Waals surface area contributed by atoms with E-state index >= 15 is 0 Å². The van der Waals surface area contributed by atoms with Gasteiger partial charge in [0.15, 0.2) is 0 Å². The molecule has 0 saturated carbocycles. The fraction of sp³-hybridized carbons (Fsp3) is 0.500. The number of hydrogen-bond acceptors (Lipinski definition) is 1. The Hall–Kier alpha value is -1.01. The quantitative estimate of drug-likeness (QED) is 0.196. The minimum Gasteiger partial charge on any atom is -0.508 e. The van der Waals surface area contributed by atoms with Gasteiger partial charge in [-0.3, -0.25) is 0 Å². The van der Waals surface area contributed by atoms with E-state index in [1.807, 2.05) is 42.5 Å². The first-order valence-corrected chi connectivity index (χ1v) is 11.9. The van der Waals surface area contributed by atoms with Crippen molar-refractivity contribution in [1.29, 1.82) is 0 Å². The molecule has 2 heteroatoms. The van der Waals surface area contributed by atoms with Crippen LogP contribution in [0.2, 0.25) is 0 Å². The molecule has 179 valence electrons. The monoisotopic (exact) mass is 515 g/mol. The number of aromatic hydroxyl groups is 1. The molecule has 1 N–H and O–H groups in total. The van der Waals surface area contributed by atoms with Gasteiger partial charge in [-0.05, 0) is 30.5 Å². The van der Waals surface area contributed by atoms with E-state index in [1.54, 1.807) is 6.07 Å². The predicted octanol–water partition coefficient (Wildman–Crippen LogP) is 9.79. The number of phenolic OH excluding ortho intramolecular Hbond substituents is 1. The molecule has 32 heavy (non-hydrogen) atoms. The minimum atomic E-state index is 0. The summed E-state index contributed by atoms with van der Waals surface area (Å²) in [5.74, 6) is 0.396. The maximum absolute atomic E-state index is 9.42. The van der Waals surface area contributed by atoms with Gasteiger partial charge in [-0.2, -0.15) is 24.6 Å². The van der Waals surface area contributed by atoms with Crippen molar-refractivity contribution in [3.05, 3.63) is 87.5 Å². The fourth-order valence-electron chi connectivity index (χ4n) is 3.54. The summed E-state index contributed by atoms with van der Waals surface area (Å²) in [6.45, 7) is 6.00. The van der Waals surface area contributed by atoms with Crippen LogP contribution in [-0.4, -0.2) is 5.11 Å². The zero-order valence-corrected chi connectivity index (χ0v) is 23.7. The molecule has 0 unspecified atom stereocenters. The predicted molar refractivity (Wildman–Crippen MR) is 141 cm³/mol. The molecule has 0 saturated heterocycles. The van der Waals surface area contributed by atoms with Crippen molar-refractivity contribution in [1.82, 2.24) is 0 Å². The Balaban J connectivity index is -0.000000719. The molecule has 2 rings (SSSR count). The van der Waals surface area contributed by atoms with Crippen molar-refractivity contribution in [2.75, 3.05) is 0 Å². The first-order valence-electron chi connectivity index (χ1n) is 11.9. The zero-order chi connectivity index (χ0) is 21.0. The molecule has 0 bridgehead atoms. The van der Waals surface area contributed by atoms with E-state index in [9.17, 15) is 5.11 Å². The van der Waals surface area contributed by atoms with Crippen LogP contribution in [-0.2, 0) is 32.6 Å². The van der Waals surface area contributed by atoms with Gasteiger partial charge in [0.05, 0.1) is 0 Å². The third kappa shape index (κ3) is 22.2. The number of benzene rings is 2. The van der Waals surface area contributed by atoms with Gasteiger partial charge in [-0.1, -0.05) is 102 Å². The second-order valence-electron chi connectivity index (χ2n) is 8.15. The van der Waals surface area contributed by atoms with Crippen LogP contribution >= 0.6 is 0 Å². The summed E-state index contributed by atoms with van der Waals surface area (Å²) in [6.07, 6.45) is 19.3. The summed E-state index contributed by atoms with van der Waals surface area (Å²) < 4.78 is 0. The van der Waals surface area contributed by atoms with Gasteiger partial charge in [-0.15, -0.1) is 12.1 Å². The zero-order valence-electron chi connectivity index (χ0n) is 21.2. The summed E-state index contributed by atoms with van der Waals surface area (Å²) in [7, 11) is 0. The normalized spacial score (nSPS) is 9.41. The van der Waals surface area contributed by atoms with Crippen molar-refractivity contribution < 1.29 is 31.3 Å². The van der Waals surface area contributed by atoms with Crippen LogP contribution in [0.1, 0.15) is 102 Å². The Morgan fingerprint density at radius 1 is 0.625 bits per heavy atom. The smallest absolute Gasteiger partial charge is 0.508 e. The first kappa shape index (κ1) is 35.6. The van der Waals surface area contributed by atoms with Crippen LogP contribution in [0.3, 0.4) is 0 Å². The van der Waals surface area contributed by atoms with Gasteiger partial charge in [0.25, 0.3) is 0 Å². The molecule has 0 fully saturated rings. The number of aryl methyl sites for hydroxylation is 1. The van der Waals surface area contributed by atoms with Crippen molar-refractivity contribution in [3.63, 3.8) is 0 Å². The SMILES string of the molecule is CCCCCCCCCCCCCCCc1cccc(O)c1.[CH2-]c1ccccc1.[CH3-].[CH3-].[Zr+3]. The summed E-state index contributed by atoms with van der Waals surface area (Å²) in [6, 6.07) is 17.6. The Bertz CT molecular complexity index is 597. The van der Waals surface area contributed by atoms with Crippen LogP contribution in [0.15, 0.2) is 54.6 Å². The summed E-state index contributed by atoms with van der Waals surface area (Å²) in [4.78, 5) is 0. The maximum atomic E-state index is 9.42. The largest absolute Gasteiger partial charge is 3.00 e. The van der Waals surface area contributed by atoms with Gasteiger partial charge in [0, 0.05) is 0 Å². The molecule has 1 nitrogen and oxygen atoms in total. The topological polar surface area (TPSA) is 20.2 Å². The Morgan fingerprint density at radius 2 is 1.09 bits per heavy atom. The van der Waals surface area contributed by atoms with Gasteiger partial charge in [-0.25, -0.2) is 0 Å². The van der Waals surface area contributed by atoms with E-state index in [4.69, 9.17) is 0 Å². The summed E-state index contributed by atoms with van der Waals surface area (Å²) in [5, 5.41) is 9.42. The molecular formula is C30H49OZr. The first-order chi connectivity index (χ1) is 14.2. The van der Waals surface area contributed by atoms with Gasteiger partial charge in [0.1, 0.15) is 5.75 Å². The van der Waals surface area contributed by atoms with Crippen molar-refractivity contribution in [2.24, 2.45) is 0 Å². The molecule has 0 atom stereocenters. The van der Waals surface area contributed by atoms with Gasteiger partial charge >= 0.3 is 26.2 Å². The van der Waals surface area contributed by atoms with E-state index in [1.165, 1.54) is 89.0 Å². The Labute approximate surface area is 220 Å². The molecule has 2 aromatic rings. The molecule has 0 aliphatic heterocycles. The van der Waals surface area contributed by atoms with Crippen molar-refractivity contribution in [2.45, 2.75) is 96.8 Å². The third-order valence-electron chi connectivity index (χ3n) is 5.32. The van der Waals surface area contributed by atoms with Crippen molar-refractivity contribution >= 4 is 0 Å². The molecule has 2 aromatic carbocycles. The molecule has 0 aliphatic carbocycles. The fourth-order valence-corrected chi connectivity index (χ4v) is 3.54. The van der Waals surface area contributed by atoms with Crippen LogP contribution in [0.25, 0.3) is 0 Å². The van der Waals surface area contributed by atoms with Gasteiger partial charge < -0.3 is 20.0 Å². The second kappa shape index (κ2) is 26.2. The minimum absolute atomic E-state index is 0. The standard InChI is InChI=1S/C21H36O.C7H7.2CH3.Zr/c1-2-3-4-5-6-7-8-9-10-11-12-13-14-16-20-17-15-18-21(22)19-20;1-7-5-3-2-4-6-7;;;/h15,17-19,22H,2-14,16H2,1H3;2-6H,1H2;2*1H3;/q;3*-1;+3. The van der Waals surface area contributed by atoms with Crippen LogP contribution in [0, 0.1) is 21.8 Å². The number of rotatable bonds is 14. The third-order valence-corrected chi connectivity index (χ3v) is 5.32. The second-order valence-corrected chi connectivity index (χ2v) is 8.15. The average molecular weight is 517 g/mol. The van der Waals surface area contributed by atoms with Crippen LogP contribution in [0.4, 0.5) is 0 Å². The van der Waals surface area contributed by atoms with E-state index in [2.05, 4.69) is 19.9 Å². The van der Waals surface area contributed by atoms with E-state index in [0.29, 0.717) is 5.75 Å². The molecule has 0 spiro atoms. The Kier molecular flexibility index (Phi) is 29.2.